The maximum absolute atomic E-state index is 12.0. The van der Waals surface area contributed by atoms with Crippen molar-refractivity contribution in [2.75, 3.05) is 26.2 Å². The quantitative estimate of drug-likeness (QED) is 0.832. The molecule has 21 heavy (non-hydrogen) atoms. The van der Waals surface area contributed by atoms with E-state index in [4.69, 9.17) is 17.3 Å². The number of carbonyl (C=O) groups is 1. The van der Waals surface area contributed by atoms with Crippen LogP contribution in [0, 0.1) is 5.92 Å². The average molecular weight is 375 g/mol. The third-order valence-corrected chi connectivity index (χ3v) is 4.70. The number of nitrogens with two attached hydrogens (primary N) is 1. The summed E-state index contributed by atoms with van der Waals surface area (Å²) in [6.45, 7) is 3.69. The topological polar surface area (TPSA) is 58.4 Å². The van der Waals surface area contributed by atoms with Crippen molar-refractivity contribution < 1.29 is 4.79 Å². The Bertz CT molecular complexity index is 498. The molecule has 1 aliphatic heterocycles. The molecule has 4 nitrogen and oxygen atoms in total. The first-order valence-corrected chi connectivity index (χ1v) is 8.41. The summed E-state index contributed by atoms with van der Waals surface area (Å²) in [6.07, 6.45) is 2.00. The minimum absolute atomic E-state index is 0.0661. The van der Waals surface area contributed by atoms with Gasteiger partial charge in [0.05, 0.1) is 5.92 Å². The first-order valence-electron chi connectivity index (χ1n) is 7.24. The van der Waals surface area contributed by atoms with Crippen molar-refractivity contribution in [3.63, 3.8) is 0 Å². The van der Waals surface area contributed by atoms with E-state index in [2.05, 4.69) is 26.1 Å². The maximum atomic E-state index is 12.0. The fourth-order valence-corrected chi connectivity index (χ4v) is 3.45. The molecular weight excluding hydrogens is 354 g/mol. The van der Waals surface area contributed by atoms with Gasteiger partial charge in [0, 0.05) is 35.7 Å². The number of benzene rings is 1. The van der Waals surface area contributed by atoms with Crippen molar-refractivity contribution >= 4 is 33.4 Å². The lowest BCUT2D eigenvalue weighted by molar-refractivity contribution is -0.126. The summed E-state index contributed by atoms with van der Waals surface area (Å²) in [5, 5.41) is 3.61. The molecule has 0 radical (unpaired) electrons. The molecule has 0 aliphatic carbocycles. The number of halogens is 2. The van der Waals surface area contributed by atoms with Crippen molar-refractivity contribution in [2.45, 2.75) is 19.4 Å². The van der Waals surface area contributed by atoms with Gasteiger partial charge in [-0.05, 0) is 37.1 Å². The van der Waals surface area contributed by atoms with Crippen LogP contribution in [-0.4, -0.2) is 37.0 Å². The van der Waals surface area contributed by atoms with Gasteiger partial charge in [-0.15, -0.1) is 0 Å². The van der Waals surface area contributed by atoms with Crippen molar-refractivity contribution in [3.8, 4) is 0 Å². The number of likely N-dealkylation sites (tertiary alicyclic amines) is 1. The fraction of sp³-hybridized carbons (Fsp3) is 0.533. The van der Waals surface area contributed by atoms with Crippen LogP contribution in [0.2, 0.25) is 5.02 Å². The average Bonchev–Trinajstić information content (AvgIpc) is 2.48. The van der Waals surface area contributed by atoms with Crippen LogP contribution in [0.1, 0.15) is 18.4 Å². The highest BCUT2D eigenvalue weighted by Gasteiger charge is 2.25. The Labute approximate surface area is 139 Å². The first-order chi connectivity index (χ1) is 10.1. The molecule has 1 aromatic rings. The highest BCUT2D eigenvalue weighted by Crippen LogP contribution is 2.25. The Kier molecular flexibility index (Phi) is 6.48. The molecule has 1 atom stereocenters. The molecule has 2 rings (SSSR count). The van der Waals surface area contributed by atoms with E-state index in [0.29, 0.717) is 13.1 Å². The molecule has 1 amide bonds. The van der Waals surface area contributed by atoms with Gasteiger partial charge in [0.25, 0.3) is 0 Å². The van der Waals surface area contributed by atoms with Gasteiger partial charge in [-0.2, -0.15) is 0 Å². The molecule has 6 heteroatoms. The van der Waals surface area contributed by atoms with Crippen LogP contribution in [0.15, 0.2) is 22.7 Å². The third-order valence-electron chi connectivity index (χ3n) is 3.73. The van der Waals surface area contributed by atoms with Gasteiger partial charge < -0.3 is 11.1 Å². The van der Waals surface area contributed by atoms with Gasteiger partial charge in [-0.1, -0.05) is 33.6 Å². The number of nitrogens with one attached hydrogen (secondary N) is 1. The van der Waals surface area contributed by atoms with E-state index in [0.717, 1.165) is 42.0 Å². The van der Waals surface area contributed by atoms with Gasteiger partial charge in [-0.3, -0.25) is 9.69 Å². The Morgan fingerprint density at radius 2 is 2.33 bits per heavy atom. The normalized spacial score (nSPS) is 19.5. The molecule has 116 valence electrons. The van der Waals surface area contributed by atoms with Crippen LogP contribution < -0.4 is 11.1 Å². The monoisotopic (exact) mass is 373 g/mol. The van der Waals surface area contributed by atoms with E-state index in [9.17, 15) is 4.79 Å². The molecule has 0 bridgehead atoms. The van der Waals surface area contributed by atoms with Gasteiger partial charge in [0.15, 0.2) is 0 Å². The van der Waals surface area contributed by atoms with E-state index in [1.807, 2.05) is 18.2 Å². The Hall–Kier alpha value is -0.620. The van der Waals surface area contributed by atoms with Crippen molar-refractivity contribution in [1.29, 1.82) is 0 Å². The Morgan fingerprint density at radius 1 is 1.52 bits per heavy atom. The third kappa shape index (κ3) is 4.95. The second-order valence-corrected chi connectivity index (χ2v) is 6.68. The fourth-order valence-electron chi connectivity index (χ4n) is 2.64. The van der Waals surface area contributed by atoms with Gasteiger partial charge in [0.1, 0.15) is 0 Å². The van der Waals surface area contributed by atoms with E-state index >= 15 is 0 Å². The second kappa shape index (κ2) is 8.13. The van der Waals surface area contributed by atoms with E-state index < -0.39 is 0 Å². The Morgan fingerprint density at radius 3 is 3.05 bits per heavy atom. The van der Waals surface area contributed by atoms with Crippen LogP contribution in [0.25, 0.3) is 0 Å². The molecule has 0 aromatic heterocycles. The van der Waals surface area contributed by atoms with Crippen molar-refractivity contribution in [1.82, 2.24) is 10.2 Å². The molecule has 1 unspecified atom stereocenters. The first kappa shape index (κ1) is 16.7. The highest BCUT2D eigenvalue weighted by atomic mass is 79.9. The number of piperidine rings is 1. The van der Waals surface area contributed by atoms with Crippen LogP contribution in [0.4, 0.5) is 0 Å². The molecule has 1 aromatic carbocycles. The minimum atomic E-state index is 0.0661. The predicted octanol–water partition coefficient (Wildman–Crippen LogP) is 2.39. The minimum Gasteiger partial charge on any atom is -0.355 e. The molecule has 0 saturated carbocycles. The summed E-state index contributed by atoms with van der Waals surface area (Å²) in [6, 6.07) is 5.84. The predicted molar refractivity (Wildman–Crippen MR) is 89.2 cm³/mol. The van der Waals surface area contributed by atoms with E-state index in [-0.39, 0.29) is 11.8 Å². The summed E-state index contributed by atoms with van der Waals surface area (Å²) in [5.41, 5.74) is 6.62. The summed E-state index contributed by atoms with van der Waals surface area (Å²) in [5.74, 6) is 0.191. The zero-order valence-electron chi connectivity index (χ0n) is 11.9. The van der Waals surface area contributed by atoms with Crippen LogP contribution in [0.3, 0.4) is 0 Å². The number of nitrogens with zero attached hydrogens (tertiary/aromatic N) is 1. The molecule has 1 heterocycles. The zero-order chi connectivity index (χ0) is 15.2. The molecule has 1 saturated heterocycles. The molecule has 0 spiro atoms. The summed E-state index contributed by atoms with van der Waals surface area (Å²) >= 11 is 9.51. The molecule has 1 fully saturated rings. The molecule has 3 N–H and O–H groups in total. The van der Waals surface area contributed by atoms with Crippen LogP contribution in [-0.2, 0) is 11.3 Å². The summed E-state index contributed by atoms with van der Waals surface area (Å²) in [7, 11) is 0. The number of hydrogen-bond donors (Lipinski definition) is 2. The number of rotatable bonds is 5. The molecular formula is C15H21BrClN3O. The lowest BCUT2D eigenvalue weighted by Crippen LogP contribution is -2.43. The summed E-state index contributed by atoms with van der Waals surface area (Å²) < 4.78 is 1.02. The number of amides is 1. The van der Waals surface area contributed by atoms with E-state index in [1.165, 1.54) is 5.56 Å². The van der Waals surface area contributed by atoms with Gasteiger partial charge >= 0.3 is 0 Å². The van der Waals surface area contributed by atoms with E-state index in [1.54, 1.807) is 0 Å². The SMILES string of the molecule is NCCNC(=O)C1CCCN(Cc2ccc(Cl)cc2Br)C1. The molecule has 1 aliphatic rings. The number of hydrogen-bond acceptors (Lipinski definition) is 3. The zero-order valence-corrected chi connectivity index (χ0v) is 14.3. The highest BCUT2D eigenvalue weighted by molar-refractivity contribution is 9.10. The van der Waals surface area contributed by atoms with Gasteiger partial charge in [-0.25, -0.2) is 0 Å². The standard InChI is InChI=1S/C15H21BrClN3O/c16-14-8-13(17)4-3-11(14)9-20-7-1-2-12(10-20)15(21)19-6-5-18/h3-4,8,12H,1-2,5-7,9-10,18H2,(H,19,21). The second-order valence-electron chi connectivity index (χ2n) is 5.39. The van der Waals surface area contributed by atoms with Gasteiger partial charge in [0.2, 0.25) is 5.91 Å². The van der Waals surface area contributed by atoms with Crippen molar-refractivity contribution in [2.24, 2.45) is 11.7 Å². The summed E-state index contributed by atoms with van der Waals surface area (Å²) in [4.78, 5) is 14.4. The van der Waals surface area contributed by atoms with Crippen LogP contribution >= 0.6 is 27.5 Å². The largest absolute Gasteiger partial charge is 0.355 e. The maximum Gasteiger partial charge on any atom is 0.224 e. The van der Waals surface area contributed by atoms with Crippen LogP contribution in [0.5, 0.6) is 0 Å². The number of carbonyl (C=O) groups excluding carboxylic acids is 1. The lowest BCUT2D eigenvalue weighted by atomic mass is 9.96. The smallest absolute Gasteiger partial charge is 0.224 e. The lowest BCUT2D eigenvalue weighted by Gasteiger charge is -2.32. The van der Waals surface area contributed by atoms with Crippen molar-refractivity contribution in [3.05, 3.63) is 33.3 Å². The Balaban J connectivity index is 1.93.